The molecule has 3 N–H and O–H groups in total. The van der Waals surface area contributed by atoms with Gasteiger partial charge in [0.15, 0.2) is 0 Å². The Hall–Kier alpha value is -1.61. The van der Waals surface area contributed by atoms with Crippen molar-refractivity contribution in [2.75, 3.05) is 17.7 Å². The maximum absolute atomic E-state index is 12.2. The molecular weight excluding hydrogens is 312 g/mol. The van der Waals surface area contributed by atoms with Crippen LogP contribution >= 0.6 is 11.3 Å². The van der Waals surface area contributed by atoms with Crippen LogP contribution < -0.4 is 11.1 Å². The van der Waals surface area contributed by atoms with Gasteiger partial charge in [-0.15, -0.1) is 11.3 Å². The van der Waals surface area contributed by atoms with Crippen LogP contribution in [0.2, 0.25) is 0 Å². The third-order valence-corrected chi connectivity index (χ3v) is 5.40. The van der Waals surface area contributed by atoms with Gasteiger partial charge in [0.25, 0.3) is 5.91 Å². The van der Waals surface area contributed by atoms with E-state index in [-0.39, 0.29) is 11.7 Å². The van der Waals surface area contributed by atoms with E-state index in [0.29, 0.717) is 10.6 Å². The number of nitrogens with one attached hydrogen (secondary N) is 1. The molecule has 1 unspecified atom stereocenters. The number of sulfone groups is 1. The van der Waals surface area contributed by atoms with Crippen LogP contribution in [0.5, 0.6) is 0 Å². The van der Waals surface area contributed by atoms with Crippen molar-refractivity contribution in [1.29, 1.82) is 0 Å². The normalized spacial score (nSPS) is 13.5. The number of aryl methyl sites for hydroxylation is 2. The van der Waals surface area contributed by atoms with Crippen LogP contribution in [0, 0.1) is 6.92 Å². The lowest BCUT2D eigenvalue weighted by atomic mass is 10.2. The monoisotopic (exact) mass is 330 g/mol. The Kier molecular flexibility index (Phi) is 3.98. The number of hydrogen-bond acceptors (Lipinski definition) is 6. The van der Waals surface area contributed by atoms with Gasteiger partial charge in [-0.25, -0.2) is 8.42 Å². The summed E-state index contributed by atoms with van der Waals surface area (Å²) in [5.74, 6) is -0.464. The van der Waals surface area contributed by atoms with Crippen LogP contribution in [0.3, 0.4) is 0 Å². The zero-order valence-electron chi connectivity index (χ0n) is 12.3. The van der Waals surface area contributed by atoms with Gasteiger partial charge in [-0.1, -0.05) is 0 Å². The Morgan fingerprint density at radius 2 is 2.14 bits per heavy atom. The fourth-order valence-corrected chi connectivity index (χ4v) is 4.36. The molecule has 0 saturated carbocycles. The van der Waals surface area contributed by atoms with E-state index < -0.39 is 15.9 Å². The van der Waals surface area contributed by atoms with E-state index in [1.807, 2.05) is 6.92 Å². The number of fused-ring (bicyclic) bond motifs is 1. The molecule has 0 aliphatic rings. The molecule has 0 aliphatic carbocycles. The molecule has 0 radical (unpaired) electrons. The first-order valence-corrected chi connectivity index (χ1v) is 9.18. The van der Waals surface area contributed by atoms with Crippen LogP contribution in [-0.2, 0) is 16.9 Å². The molecule has 1 atom stereocenters. The zero-order valence-corrected chi connectivity index (χ0v) is 13.9. The molecule has 2 rings (SSSR count). The minimum absolute atomic E-state index is 0.107. The number of nitrogens with two attached hydrogens (primary N) is 1. The Bertz CT molecular complexity index is 804. The number of anilines is 1. The van der Waals surface area contributed by atoms with Crippen molar-refractivity contribution >= 4 is 43.0 Å². The molecule has 7 nitrogen and oxygen atoms in total. The number of hydrogen-bond donors (Lipinski definition) is 2. The van der Waals surface area contributed by atoms with Gasteiger partial charge >= 0.3 is 0 Å². The van der Waals surface area contributed by atoms with Crippen LogP contribution in [0.25, 0.3) is 10.2 Å². The Labute approximate surface area is 127 Å². The summed E-state index contributed by atoms with van der Waals surface area (Å²) >= 11 is 1.25. The van der Waals surface area contributed by atoms with Gasteiger partial charge in [-0.3, -0.25) is 9.48 Å². The Morgan fingerprint density at radius 1 is 1.52 bits per heavy atom. The standard InChI is InChI=1S/C12H18N4O3S2/c1-6(5-21(4,18)19)14-11(17)10-9(13)8-7(2)15-16(3)12(8)20-10/h6H,5,13H2,1-4H3,(H,14,17). The molecular formula is C12H18N4O3S2. The molecule has 1 amide bonds. The van der Waals surface area contributed by atoms with Gasteiger partial charge in [0.1, 0.15) is 19.5 Å². The maximum atomic E-state index is 12.2. The predicted molar refractivity (Wildman–Crippen MR) is 84.4 cm³/mol. The summed E-state index contributed by atoms with van der Waals surface area (Å²) in [7, 11) is -1.35. The lowest BCUT2D eigenvalue weighted by molar-refractivity contribution is 0.0948. The topological polar surface area (TPSA) is 107 Å². The summed E-state index contributed by atoms with van der Waals surface area (Å²) in [6, 6.07) is -0.476. The second-order valence-electron chi connectivity index (χ2n) is 5.20. The molecule has 0 bridgehead atoms. The first kappa shape index (κ1) is 15.8. The van der Waals surface area contributed by atoms with Crippen LogP contribution in [0.1, 0.15) is 22.3 Å². The third kappa shape index (κ3) is 3.18. The van der Waals surface area contributed by atoms with Crippen molar-refractivity contribution < 1.29 is 13.2 Å². The molecule has 0 aromatic carbocycles. The van der Waals surface area contributed by atoms with Crippen molar-refractivity contribution in [3.05, 3.63) is 10.6 Å². The first-order valence-electron chi connectivity index (χ1n) is 6.30. The average molecular weight is 330 g/mol. The molecule has 2 heterocycles. The van der Waals surface area contributed by atoms with E-state index in [0.717, 1.165) is 22.2 Å². The van der Waals surface area contributed by atoms with Gasteiger partial charge in [-0.05, 0) is 13.8 Å². The van der Waals surface area contributed by atoms with Gasteiger partial charge in [0, 0.05) is 19.3 Å². The van der Waals surface area contributed by atoms with E-state index in [1.54, 1.807) is 18.7 Å². The van der Waals surface area contributed by atoms with Crippen molar-refractivity contribution in [3.63, 3.8) is 0 Å². The van der Waals surface area contributed by atoms with E-state index in [4.69, 9.17) is 5.73 Å². The highest BCUT2D eigenvalue weighted by atomic mass is 32.2. The highest BCUT2D eigenvalue weighted by Crippen LogP contribution is 2.35. The average Bonchev–Trinajstić information content (AvgIpc) is 2.76. The summed E-state index contributed by atoms with van der Waals surface area (Å²) in [5.41, 5.74) is 7.20. The molecule has 21 heavy (non-hydrogen) atoms. The van der Waals surface area contributed by atoms with Gasteiger partial charge in [-0.2, -0.15) is 5.10 Å². The molecule has 2 aromatic rings. The van der Waals surface area contributed by atoms with Gasteiger partial charge in [0.2, 0.25) is 0 Å². The minimum atomic E-state index is -3.15. The molecule has 0 spiro atoms. The summed E-state index contributed by atoms with van der Waals surface area (Å²) in [4.78, 5) is 13.5. The minimum Gasteiger partial charge on any atom is -0.397 e. The number of thiophene rings is 1. The quantitative estimate of drug-likeness (QED) is 0.857. The highest BCUT2D eigenvalue weighted by Gasteiger charge is 2.22. The number of aromatic nitrogens is 2. The highest BCUT2D eigenvalue weighted by molar-refractivity contribution is 7.90. The van der Waals surface area contributed by atoms with E-state index in [2.05, 4.69) is 10.4 Å². The van der Waals surface area contributed by atoms with Crippen molar-refractivity contribution in [3.8, 4) is 0 Å². The summed E-state index contributed by atoms with van der Waals surface area (Å²) in [6.45, 7) is 3.48. The lowest BCUT2D eigenvalue weighted by Gasteiger charge is -2.12. The molecule has 116 valence electrons. The largest absolute Gasteiger partial charge is 0.397 e. The van der Waals surface area contributed by atoms with Crippen LogP contribution in [0.4, 0.5) is 5.69 Å². The van der Waals surface area contributed by atoms with Crippen molar-refractivity contribution in [2.24, 2.45) is 7.05 Å². The summed E-state index contributed by atoms with van der Waals surface area (Å²) in [6.07, 6.45) is 1.14. The molecule has 0 aliphatic heterocycles. The Morgan fingerprint density at radius 3 is 2.67 bits per heavy atom. The van der Waals surface area contributed by atoms with E-state index in [1.165, 1.54) is 11.3 Å². The van der Waals surface area contributed by atoms with Crippen LogP contribution in [-0.4, -0.2) is 42.2 Å². The van der Waals surface area contributed by atoms with E-state index in [9.17, 15) is 13.2 Å². The first-order chi connectivity index (χ1) is 9.60. The summed E-state index contributed by atoms with van der Waals surface area (Å²) < 4.78 is 24.1. The smallest absolute Gasteiger partial charge is 0.263 e. The number of amides is 1. The number of carbonyl (C=O) groups is 1. The van der Waals surface area contributed by atoms with Crippen LogP contribution in [0.15, 0.2) is 0 Å². The SMILES string of the molecule is Cc1nn(C)c2sc(C(=O)NC(C)CS(C)(=O)=O)c(N)c12. The molecule has 2 aromatic heterocycles. The molecule has 0 saturated heterocycles. The zero-order chi connectivity index (χ0) is 15.9. The predicted octanol–water partition coefficient (Wildman–Crippen LogP) is 0.688. The third-order valence-electron chi connectivity index (χ3n) is 3.02. The molecule has 0 fully saturated rings. The Balaban J connectivity index is 2.28. The number of rotatable bonds is 4. The molecule has 9 heteroatoms. The number of carbonyl (C=O) groups excluding carboxylic acids is 1. The second kappa shape index (κ2) is 5.30. The van der Waals surface area contributed by atoms with Crippen molar-refractivity contribution in [1.82, 2.24) is 15.1 Å². The van der Waals surface area contributed by atoms with Crippen molar-refractivity contribution in [2.45, 2.75) is 19.9 Å². The lowest BCUT2D eigenvalue weighted by Crippen LogP contribution is -2.37. The maximum Gasteiger partial charge on any atom is 0.263 e. The van der Waals surface area contributed by atoms with Gasteiger partial charge in [0.05, 0.1) is 22.5 Å². The second-order valence-corrected chi connectivity index (χ2v) is 8.38. The number of nitrogen functional groups attached to an aromatic ring is 1. The fourth-order valence-electron chi connectivity index (χ4n) is 2.28. The number of nitrogens with zero attached hydrogens (tertiary/aromatic N) is 2. The van der Waals surface area contributed by atoms with E-state index >= 15 is 0 Å². The van der Waals surface area contributed by atoms with Gasteiger partial charge < -0.3 is 11.1 Å². The fraction of sp³-hybridized carbons (Fsp3) is 0.500. The summed E-state index contributed by atoms with van der Waals surface area (Å²) in [5, 5.41) is 7.70.